The first-order valence-electron chi connectivity index (χ1n) is 6.36. The fourth-order valence-electron chi connectivity index (χ4n) is 2.24. The van der Waals surface area contributed by atoms with Crippen molar-refractivity contribution in [2.75, 3.05) is 6.61 Å². The number of aryl methyl sites for hydroxylation is 1. The summed E-state index contributed by atoms with van der Waals surface area (Å²) in [5.74, 6) is 0.874. The Balaban J connectivity index is 2.04. The minimum absolute atomic E-state index is 0.00465. The summed E-state index contributed by atoms with van der Waals surface area (Å²) in [4.78, 5) is 8.90. The molecule has 1 fully saturated rings. The van der Waals surface area contributed by atoms with Crippen LogP contribution in [0.3, 0.4) is 0 Å². The summed E-state index contributed by atoms with van der Waals surface area (Å²) >= 11 is 0. The van der Waals surface area contributed by atoms with Crippen LogP contribution in [0.1, 0.15) is 49.3 Å². The Kier molecular flexibility index (Phi) is 4.07. The van der Waals surface area contributed by atoms with Crippen LogP contribution in [-0.4, -0.2) is 22.7 Å². The van der Waals surface area contributed by atoms with E-state index in [2.05, 4.69) is 9.97 Å². The predicted octanol–water partition coefficient (Wildman–Crippen LogP) is 1.92. The third-order valence-electron chi connectivity index (χ3n) is 3.24. The summed E-state index contributed by atoms with van der Waals surface area (Å²) in [6.45, 7) is 4.82. The minimum atomic E-state index is -0.00465. The second-order valence-electron chi connectivity index (χ2n) is 4.81. The van der Waals surface area contributed by atoms with E-state index >= 15 is 0 Å². The topological polar surface area (TPSA) is 61.0 Å². The van der Waals surface area contributed by atoms with Crippen LogP contribution in [0.4, 0.5) is 0 Å². The molecule has 1 aliphatic heterocycles. The molecule has 2 atom stereocenters. The van der Waals surface area contributed by atoms with Gasteiger partial charge in [-0.2, -0.15) is 0 Å². The largest absolute Gasteiger partial charge is 0.378 e. The normalized spacial score (nSPS) is 22.4. The van der Waals surface area contributed by atoms with Crippen LogP contribution in [0.25, 0.3) is 0 Å². The van der Waals surface area contributed by atoms with E-state index in [-0.39, 0.29) is 6.04 Å². The number of aromatic nitrogens is 2. The lowest BCUT2D eigenvalue weighted by molar-refractivity contribution is 0.0156. The highest BCUT2D eigenvalue weighted by Crippen LogP contribution is 2.17. The van der Waals surface area contributed by atoms with Gasteiger partial charge in [0.25, 0.3) is 0 Å². The van der Waals surface area contributed by atoms with Crippen molar-refractivity contribution < 1.29 is 4.74 Å². The lowest BCUT2D eigenvalue weighted by Crippen LogP contribution is -2.23. The van der Waals surface area contributed by atoms with Crippen molar-refractivity contribution in [3.63, 3.8) is 0 Å². The predicted molar refractivity (Wildman–Crippen MR) is 66.7 cm³/mol. The molecular weight excluding hydrogens is 214 g/mol. The van der Waals surface area contributed by atoms with E-state index in [1.54, 1.807) is 0 Å². The van der Waals surface area contributed by atoms with Gasteiger partial charge in [0.1, 0.15) is 5.82 Å². The molecule has 0 saturated carbocycles. The van der Waals surface area contributed by atoms with E-state index in [4.69, 9.17) is 10.5 Å². The number of ether oxygens (including phenoxy) is 1. The molecule has 0 radical (unpaired) electrons. The van der Waals surface area contributed by atoms with E-state index in [0.717, 1.165) is 36.5 Å². The number of rotatable bonds is 3. The fraction of sp³-hybridized carbons (Fsp3) is 0.692. The molecule has 1 aromatic heterocycles. The monoisotopic (exact) mass is 235 g/mol. The highest BCUT2D eigenvalue weighted by Gasteiger charge is 2.16. The standard InChI is InChI=1S/C13H21N3O/c1-9(14)12-8-15-13(16-10(12)2)7-11-5-3-4-6-17-11/h8-9,11H,3-7,14H2,1-2H3. The van der Waals surface area contributed by atoms with E-state index in [0.29, 0.717) is 6.10 Å². The van der Waals surface area contributed by atoms with Gasteiger partial charge in [0.15, 0.2) is 0 Å². The summed E-state index contributed by atoms with van der Waals surface area (Å²) in [5, 5.41) is 0. The Labute approximate surface area is 103 Å². The zero-order chi connectivity index (χ0) is 12.3. The molecule has 17 heavy (non-hydrogen) atoms. The molecule has 2 unspecified atom stereocenters. The molecule has 1 saturated heterocycles. The van der Waals surface area contributed by atoms with Gasteiger partial charge in [-0.3, -0.25) is 0 Å². The molecule has 2 N–H and O–H groups in total. The molecule has 4 heteroatoms. The Morgan fingerprint density at radius 3 is 2.94 bits per heavy atom. The minimum Gasteiger partial charge on any atom is -0.378 e. The van der Waals surface area contributed by atoms with Crippen molar-refractivity contribution in [1.29, 1.82) is 0 Å². The average Bonchev–Trinajstić information content (AvgIpc) is 2.30. The fourth-order valence-corrected chi connectivity index (χ4v) is 2.24. The number of hydrogen-bond donors (Lipinski definition) is 1. The molecular formula is C13H21N3O. The first-order valence-corrected chi connectivity index (χ1v) is 6.36. The van der Waals surface area contributed by atoms with Gasteiger partial charge in [0.2, 0.25) is 0 Å². The molecule has 2 rings (SSSR count). The third kappa shape index (κ3) is 3.23. The van der Waals surface area contributed by atoms with Crippen LogP contribution in [0.5, 0.6) is 0 Å². The molecule has 0 aliphatic carbocycles. The molecule has 0 amide bonds. The second-order valence-corrected chi connectivity index (χ2v) is 4.81. The van der Waals surface area contributed by atoms with Gasteiger partial charge in [0.05, 0.1) is 6.10 Å². The molecule has 2 heterocycles. The lowest BCUT2D eigenvalue weighted by atomic mass is 10.1. The van der Waals surface area contributed by atoms with Crippen LogP contribution in [0.2, 0.25) is 0 Å². The second kappa shape index (κ2) is 5.56. The third-order valence-corrected chi connectivity index (χ3v) is 3.24. The van der Waals surface area contributed by atoms with Crippen LogP contribution >= 0.6 is 0 Å². The van der Waals surface area contributed by atoms with Gasteiger partial charge in [-0.25, -0.2) is 9.97 Å². The van der Waals surface area contributed by atoms with Crippen molar-refractivity contribution in [2.45, 2.75) is 51.7 Å². The van der Waals surface area contributed by atoms with Crippen LogP contribution < -0.4 is 5.73 Å². The molecule has 0 aromatic carbocycles. The summed E-state index contributed by atoms with van der Waals surface area (Å²) in [5.41, 5.74) is 7.86. The molecule has 0 spiro atoms. The number of hydrogen-bond acceptors (Lipinski definition) is 4. The van der Waals surface area contributed by atoms with E-state index < -0.39 is 0 Å². The van der Waals surface area contributed by atoms with Crippen LogP contribution in [0, 0.1) is 6.92 Å². The summed E-state index contributed by atoms with van der Waals surface area (Å²) < 4.78 is 5.69. The van der Waals surface area contributed by atoms with Gasteiger partial charge >= 0.3 is 0 Å². The molecule has 1 aliphatic rings. The van der Waals surface area contributed by atoms with Gasteiger partial charge in [-0.15, -0.1) is 0 Å². The number of nitrogens with zero attached hydrogens (tertiary/aromatic N) is 2. The molecule has 94 valence electrons. The summed E-state index contributed by atoms with van der Waals surface area (Å²) in [7, 11) is 0. The zero-order valence-electron chi connectivity index (χ0n) is 10.6. The zero-order valence-corrected chi connectivity index (χ0v) is 10.6. The van der Waals surface area contributed by atoms with Crippen molar-refractivity contribution in [3.05, 3.63) is 23.3 Å². The van der Waals surface area contributed by atoms with Crippen LogP contribution in [0.15, 0.2) is 6.20 Å². The SMILES string of the molecule is Cc1nc(CC2CCCCO2)ncc1C(C)N. The van der Waals surface area contributed by atoms with Crippen molar-refractivity contribution in [2.24, 2.45) is 5.73 Å². The van der Waals surface area contributed by atoms with E-state index in [1.807, 2.05) is 20.0 Å². The average molecular weight is 235 g/mol. The lowest BCUT2D eigenvalue weighted by Gasteiger charge is -2.22. The van der Waals surface area contributed by atoms with E-state index in [1.165, 1.54) is 12.8 Å². The quantitative estimate of drug-likeness (QED) is 0.869. The highest BCUT2D eigenvalue weighted by atomic mass is 16.5. The molecule has 0 bridgehead atoms. The Hall–Kier alpha value is -1.00. The van der Waals surface area contributed by atoms with Gasteiger partial charge in [-0.05, 0) is 33.1 Å². The smallest absolute Gasteiger partial charge is 0.131 e. The van der Waals surface area contributed by atoms with Crippen molar-refractivity contribution >= 4 is 0 Å². The Morgan fingerprint density at radius 2 is 2.35 bits per heavy atom. The summed E-state index contributed by atoms with van der Waals surface area (Å²) in [6.07, 6.45) is 6.52. The Bertz CT molecular complexity index is 373. The van der Waals surface area contributed by atoms with Crippen molar-refractivity contribution in [1.82, 2.24) is 9.97 Å². The molecule has 4 nitrogen and oxygen atoms in total. The van der Waals surface area contributed by atoms with Crippen molar-refractivity contribution in [3.8, 4) is 0 Å². The summed E-state index contributed by atoms with van der Waals surface area (Å²) in [6, 6.07) is -0.00465. The maximum Gasteiger partial charge on any atom is 0.131 e. The Morgan fingerprint density at radius 1 is 1.53 bits per heavy atom. The van der Waals surface area contributed by atoms with Gasteiger partial charge in [-0.1, -0.05) is 0 Å². The first-order chi connectivity index (χ1) is 8.16. The maximum atomic E-state index is 5.84. The molecule has 1 aromatic rings. The highest BCUT2D eigenvalue weighted by molar-refractivity contribution is 5.19. The first kappa shape index (κ1) is 12.5. The van der Waals surface area contributed by atoms with Crippen LogP contribution in [-0.2, 0) is 11.2 Å². The van der Waals surface area contributed by atoms with Gasteiger partial charge < -0.3 is 10.5 Å². The van der Waals surface area contributed by atoms with E-state index in [9.17, 15) is 0 Å². The maximum absolute atomic E-state index is 5.84. The van der Waals surface area contributed by atoms with Gasteiger partial charge in [0, 0.05) is 36.5 Å². The number of nitrogens with two attached hydrogens (primary N) is 1.